The maximum absolute atomic E-state index is 6.04. The van der Waals surface area contributed by atoms with E-state index < -0.39 is 0 Å². The molecule has 0 radical (unpaired) electrons. The number of hydrogen-bond acceptors (Lipinski definition) is 2. The molecule has 0 N–H and O–H groups in total. The van der Waals surface area contributed by atoms with Crippen LogP contribution in [0, 0.1) is 0 Å². The molecule has 2 heterocycles. The Morgan fingerprint density at radius 1 is 0.839 bits per heavy atom. The molecule has 0 saturated heterocycles. The van der Waals surface area contributed by atoms with E-state index in [1.807, 2.05) is 0 Å². The number of para-hydroxylation sites is 2. The summed E-state index contributed by atoms with van der Waals surface area (Å²) in [4.78, 5) is 2.37. The molecule has 0 fully saturated rings. The highest BCUT2D eigenvalue weighted by molar-refractivity contribution is 6.18. The molecule has 0 aromatic heterocycles. The molecule has 3 aliphatic rings. The zero-order valence-corrected chi connectivity index (χ0v) is 17.7. The molecule has 1 aliphatic carbocycles. The van der Waals surface area contributed by atoms with Crippen molar-refractivity contribution in [1.29, 1.82) is 0 Å². The van der Waals surface area contributed by atoms with Crippen LogP contribution in [0.25, 0.3) is 11.1 Å². The van der Waals surface area contributed by atoms with Crippen molar-refractivity contribution >= 4 is 28.7 Å². The van der Waals surface area contributed by atoms with Crippen LogP contribution < -0.4 is 4.90 Å². The smallest absolute Gasteiger partial charge is 0.208 e. The van der Waals surface area contributed by atoms with Gasteiger partial charge < -0.3 is 9.64 Å². The minimum atomic E-state index is 0.954. The van der Waals surface area contributed by atoms with Gasteiger partial charge in [0.25, 0.3) is 0 Å². The lowest BCUT2D eigenvalue weighted by molar-refractivity contribution is -0.422. The first-order valence-corrected chi connectivity index (χ1v) is 11.0. The molecule has 152 valence electrons. The van der Waals surface area contributed by atoms with E-state index in [2.05, 4.69) is 94.7 Å². The lowest BCUT2D eigenvalue weighted by Gasteiger charge is -2.17. The molecule has 0 bridgehead atoms. The Kier molecular flexibility index (Phi) is 4.27. The molecular formula is C28H25N2O+. The third-order valence-electron chi connectivity index (χ3n) is 6.62. The maximum atomic E-state index is 6.04. The fourth-order valence-corrected chi connectivity index (χ4v) is 5.13. The van der Waals surface area contributed by atoms with E-state index in [4.69, 9.17) is 4.74 Å². The van der Waals surface area contributed by atoms with Crippen LogP contribution in [0.1, 0.15) is 22.3 Å². The van der Waals surface area contributed by atoms with Crippen molar-refractivity contribution in [2.24, 2.45) is 0 Å². The highest BCUT2D eigenvalue weighted by atomic mass is 16.5. The number of fused-ring (bicyclic) bond motifs is 3. The number of rotatable bonds is 3. The largest absolute Gasteiger partial charge is 0.495 e. The highest BCUT2D eigenvalue weighted by Gasteiger charge is 2.32. The Morgan fingerprint density at radius 3 is 2.45 bits per heavy atom. The molecular weight excluding hydrogens is 380 g/mol. The molecule has 3 heteroatoms. The van der Waals surface area contributed by atoms with Crippen LogP contribution in [-0.2, 0) is 17.6 Å². The summed E-state index contributed by atoms with van der Waals surface area (Å²) in [6, 6.07) is 26.0. The summed E-state index contributed by atoms with van der Waals surface area (Å²) in [5.41, 5.74) is 10.2. The van der Waals surface area contributed by atoms with Crippen LogP contribution in [0.2, 0.25) is 0 Å². The first kappa shape index (κ1) is 18.2. The summed E-state index contributed by atoms with van der Waals surface area (Å²) in [5, 5.41) is 0. The lowest BCUT2D eigenvalue weighted by atomic mass is 10.0. The quantitative estimate of drug-likeness (QED) is 0.540. The van der Waals surface area contributed by atoms with Crippen molar-refractivity contribution in [1.82, 2.24) is 0 Å². The molecule has 3 aromatic rings. The van der Waals surface area contributed by atoms with E-state index in [0.717, 1.165) is 42.8 Å². The fraction of sp³-hybridized carbons (Fsp3) is 0.179. The SMILES string of the molecule is COC1=C(C=[N+]2CCc3ccccc32)c2ccccc2C1=CN1CCc2ccccc21. The van der Waals surface area contributed by atoms with Gasteiger partial charge in [0.1, 0.15) is 5.76 Å². The minimum Gasteiger partial charge on any atom is -0.495 e. The van der Waals surface area contributed by atoms with Crippen LogP contribution in [-0.4, -0.2) is 31.0 Å². The van der Waals surface area contributed by atoms with Crippen molar-refractivity contribution in [3.05, 3.63) is 107 Å². The van der Waals surface area contributed by atoms with Gasteiger partial charge in [-0.15, -0.1) is 0 Å². The van der Waals surface area contributed by atoms with Gasteiger partial charge >= 0.3 is 0 Å². The summed E-state index contributed by atoms with van der Waals surface area (Å²) < 4.78 is 8.41. The number of ether oxygens (including phenoxy) is 1. The first-order chi connectivity index (χ1) is 15.3. The predicted octanol–water partition coefficient (Wildman–Crippen LogP) is 5.43. The summed E-state index contributed by atoms with van der Waals surface area (Å²) in [6.07, 6.45) is 6.72. The summed E-state index contributed by atoms with van der Waals surface area (Å²) in [5.74, 6) is 0.954. The average molecular weight is 406 g/mol. The van der Waals surface area contributed by atoms with Crippen molar-refractivity contribution in [2.75, 3.05) is 25.1 Å². The second-order valence-corrected chi connectivity index (χ2v) is 8.31. The van der Waals surface area contributed by atoms with Crippen LogP contribution >= 0.6 is 0 Å². The number of anilines is 1. The van der Waals surface area contributed by atoms with Gasteiger partial charge in [-0.3, -0.25) is 0 Å². The van der Waals surface area contributed by atoms with Crippen LogP contribution in [0.5, 0.6) is 0 Å². The van der Waals surface area contributed by atoms with Gasteiger partial charge in [0, 0.05) is 42.1 Å². The van der Waals surface area contributed by atoms with Crippen molar-refractivity contribution in [3.63, 3.8) is 0 Å². The van der Waals surface area contributed by atoms with E-state index in [9.17, 15) is 0 Å². The van der Waals surface area contributed by atoms with Gasteiger partial charge in [-0.05, 0) is 29.2 Å². The number of allylic oxidation sites excluding steroid dienone is 2. The Morgan fingerprint density at radius 2 is 1.58 bits per heavy atom. The predicted molar refractivity (Wildman–Crippen MR) is 127 cm³/mol. The van der Waals surface area contributed by atoms with Gasteiger partial charge in [-0.25, -0.2) is 0 Å². The number of nitrogens with zero attached hydrogens (tertiary/aromatic N) is 2. The fourth-order valence-electron chi connectivity index (χ4n) is 5.13. The van der Waals surface area contributed by atoms with Crippen molar-refractivity contribution < 1.29 is 9.31 Å². The van der Waals surface area contributed by atoms with E-state index in [-0.39, 0.29) is 0 Å². The molecule has 0 saturated carbocycles. The second-order valence-electron chi connectivity index (χ2n) is 8.31. The molecule has 3 aromatic carbocycles. The number of methoxy groups -OCH3 is 1. The monoisotopic (exact) mass is 405 g/mol. The average Bonchev–Trinajstić information content (AvgIpc) is 3.50. The van der Waals surface area contributed by atoms with Crippen LogP contribution in [0.3, 0.4) is 0 Å². The first-order valence-electron chi connectivity index (χ1n) is 11.0. The van der Waals surface area contributed by atoms with Crippen LogP contribution in [0.15, 0.2) is 84.8 Å². The molecule has 2 aliphatic heterocycles. The molecule has 6 rings (SSSR count). The molecule has 0 spiro atoms. The topological polar surface area (TPSA) is 15.5 Å². The van der Waals surface area contributed by atoms with E-state index in [1.165, 1.54) is 33.6 Å². The minimum absolute atomic E-state index is 0.954. The van der Waals surface area contributed by atoms with Crippen molar-refractivity contribution in [3.8, 4) is 0 Å². The van der Waals surface area contributed by atoms with E-state index in [1.54, 1.807) is 7.11 Å². The summed E-state index contributed by atoms with van der Waals surface area (Å²) >= 11 is 0. The van der Waals surface area contributed by atoms with Gasteiger partial charge in [0.2, 0.25) is 5.69 Å². The summed E-state index contributed by atoms with van der Waals surface area (Å²) in [6.45, 7) is 2.00. The molecule has 31 heavy (non-hydrogen) atoms. The molecule has 0 atom stereocenters. The lowest BCUT2D eigenvalue weighted by Crippen LogP contribution is -2.13. The highest BCUT2D eigenvalue weighted by Crippen LogP contribution is 2.42. The van der Waals surface area contributed by atoms with E-state index in [0.29, 0.717) is 0 Å². The Labute approximate surface area is 183 Å². The Bertz CT molecular complexity index is 1280. The zero-order chi connectivity index (χ0) is 20.8. The van der Waals surface area contributed by atoms with Gasteiger partial charge in [-0.2, -0.15) is 4.58 Å². The standard InChI is InChI=1S/C28H25N2O/c1-31-28-24(18-29-16-14-20-8-2-6-12-26(20)29)22-10-4-5-11-23(22)25(28)19-30-17-15-21-9-3-7-13-27(21)30/h2-13,18-19H,14-17H2,1H3/q+1. The third kappa shape index (κ3) is 2.92. The van der Waals surface area contributed by atoms with Gasteiger partial charge in [-0.1, -0.05) is 60.7 Å². The normalized spacial score (nSPS) is 19.2. The van der Waals surface area contributed by atoms with Crippen LogP contribution in [0.4, 0.5) is 11.4 Å². The second kappa shape index (κ2) is 7.28. The number of benzene rings is 3. The molecule has 0 unspecified atom stereocenters. The number of hydrogen-bond donors (Lipinski definition) is 0. The van der Waals surface area contributed by atoms with E-state index >= 15 is 0 Å². The summed E-state index contributed by atoms with van der Waals surface area (Å²) in [7, 11) is 1.79. The maximum Gasteiger partial charge on any atom is 0.208 e. The Balaban J connectivity index is 1.49. The zero-order valence-electron chi connectivity index (χ0n) is 17.7. The molecule has 3 nitrogen and oxygen atoms in total. The van der Waals surface area contributed by atoms with Gasteiger partial charge in [0.05, 0.1) is 12.7 Å². The Hall–Kier alpha value is -3.59. The van der Waals surface area contributed by atoms with Crippen molar-refractivity contribution in [2.45, 2.75) is 12.8 Å². The molecule has 0 amide bonds. The van der Waals surface area contributed by atoms with Gasteiger partial charge in [0.15, 0.2) is 12.8 Å². The third-order valence-corrected chi connectivity index (χ3v) is 6.62.